The smallest absolute Gasteiger partial charge is 0.247 e. The summed E-state index contributed by atoms with van der Waals surface area (Å²) in [6.07, 6.45) is 1.20. The summed E-state index contributed by atoms with van der Waals surface area (Å²) in [7, 11) is -3.17. The largest absolute Gasteiger partial charge is 0.338 e. The highest BCUT2D eigenvalue weighted by Gasteiger charge is 2.29. The van der Waals surface area contributed by atoms with E-state index in [-0.39, 0.29) is 11.9 Å². The number of aromatic nitrogens is 2. The average Bonchev–Trinajstić information content (AvgIpc) is 2.75. The average molecular weight is 314 g/mol. The number of nitrogens with zero attached hydrogens (tertiary/aromatic N) is 4. The van der Waals surface area contributed by atoms with Crippen molar-refractivity contribution in [2.75, 3.05) is 32.4 Å². The van der Waals surface area contributed by atoms with Crippen LogP contribution in [0.2, 0.25) is 0 Å². The van der Waals surface area contributed by atoms with E-state index < -0.39 is 10.0 Å². The van der Waals surface area contributed by atoms with Crippen LogP contribution >= 0.6 is 0 Å². The van der Waals surface area contributed by atoms with Gasteiger partial charge in [-0.2, -0.15) is 9.40 Å². The van der Waals surface area contributed by atoms with Gasteiger partial charge in [0.15, 0.2) is 0 Å². The van der Waals surface area contributed by atoms with Crippen LogP contribution in [0.25, 0.3) is 0 Å². The van der Waals surface area contributed by atoms with Gasteiger partial charge in [0.25, 0.3) is 0 Å². The number of sulfonamides is 1. The Kier molecular flexibility index (Phi) is 4.38. The minimum absolute atomic E-state index is 0.0191. The van der Waals surface area contributed by atoms with E-state index in [9.17, 15) is 13.2 Å². The third-order valence-electron chi connectivity index (χ3n) is 3.79. The molecule has 2 rings (SSSR count). The third-order valence-corrected chi connectivity index (χ3v) is 5.09. The van der Waals surface area contributed by atoms with Crippen LogP contribution in [0.5, 0.6) is 0 Å². The highest BCUT2D eigenvalue weighted by Crippen LogP contribution is 2.15. The Morgan fingerprint density at radius 3 is 2.24 bits per heavy atom. The van der Waals surface area contributed by atoms with Gasteiger partial charge in [0, 0.05) is 31.9 Å². The Morgan fingerprint density at radius 1 is 1.24 bits per heavy atom. The van der Waals surface area contributed by atoms with Crippen LogP contribution in [0.15, 0.2) is 6.07 Å². The number of rotatable bonds is 3. The van der Waals surface area contributed by atoms with Crippen LogP contribution in [0.3, 0.4) is 0 Å². The second-order valence-electron chi connectivity index (χ2n) is 5.53. The zero-order valence-corrected chi connectivity index (χ0v) is 13.7. The highest BCUT2D eigenvalue weighted by atomic mass is 32.2. The number of carbonyl (C=O) groups excluding carboxylic acids is 1. The standard InChI is InChI=1S/C13H22N4O3S/c1-10-9-11(2)17(14-10)12(3)13(18)15-5-7-16(8-6-15)21(4,19)20/h9,12H,5-8H2,1-4H3. The zero-order valence-electron chi connectivity index (χ0n) is 12.9. The lowest BCUT2D eigenvalue weighted by molar-refractivity contribution is -0.135. The number of hydrogen-bond acceptors (Lipinski definition) is 4. The van der Waals surface area contributed by atoms with E-state index in [0.29, 0.717) is 26.2 Å². The van der Waals surface area contributed by atoms with Gasteiger partial charge in [-0.15, -0.1) is 0 Å². The molecule has 0 spiro atoms. The van der Waals surface area contributed by atoms with Crippen molar-refractivity contribution in [3.63, 3.8) is 0 Å². The first-order chi connectivity index (χ1) is 9.70. The number of aryl methyl sites for hydroxylation is 2. The van der Waals surface area contributed by atoms with Gasteiger partial charge in [0.1, 0.15) is 6.04 Å². The summed E-state index contributed by atoms with van der Waals surface area (Å²) in [6, 6.07) is 1.56. The van der Waals surface area contributed by atoms with E-state index in [0.717, 1.165) is 11.4 Å². The van der Waals surface area contributed by atoms with Crippen LogP contribution in [0.4, 0.5) is 0 Å². The minimum Gasteiger partial charge on any atom is -0.338 e. The van der Waals surface area contributed by atoms with Crippen molar-refractivity contribution < 1.29 is 13.2 Å². The molecular formula is C13H22N4O3S. The van der Waals surface area contributed by atoms with Crippen molar-refractivity contribution in [2.24, 2.45) is 0 Å². The fraction of sp³-hybridized carbons (Fsp3) is 0.692. The number of carbonyl (C=O) groups is 1. The first kappa shape index (κ1) is 16.0. The molecule has 0 aromatic carbocycles. The third kappa shape index (κ3) is 3.44. The molecular weight excluding hydrogens is 292 g/mol. The van der Waals surface area contributed by atoms with Gasteiger partial charge in [-0.05, 0) is 26.8 Å². The second kappa shape index (κ2) is 5.76. The molecule has 21 heavy (non-hydrogen) atoms. The van der Waals surface area contributed by atoms with Gasteiger partial charge >= 0.3 is 0 Å². The maximum Gasteiger partial charge on any atom is 0.247 e. The van der Waals surface area contributed by atoms with Gasteiger partial charge in [-0.25, -0.2) is 8.42 Å². The van der Waals surface area contributed by atoms with Crippen molar-refractivity contribution >= 4 is 15.9 Å². The first-order valence-corrected chi connectivity index (χ1v) is 8.81. The summed E-state index contributed by atoms with van der Waals surface area (Å²) >= 11 is 0. The molecule has 1 fully saturated rings. The van der Waals surface area contributed by atoms with E-state index in [2.05, 4.69) is 5.10 Å². The Morgan fingerprint density at radius 2 is 1.81 bits per heavy atom. The Balaban J connectivity index is 2.03. The van der Waals surface area contributed by atoms with E-state index in [4.69, 9.17) is 0 Å². The summed E-state index contributed by atoms with van der Waals surface area (Å²) in [5, 5.41) is 4.34. The molecule has 118 valence electrons. The second-order valence-corrected chi connectivity index (χ2v) is 7.52. The van der Waals surface area contributed by atoms with Crippen LogP contribution in [0.1, 0.15) is 24.4 Å². The van der Waals surface area contributed by atoms with Crippen molar-refractivity contribution in [3.05, 3.63) is 17.5 Å². The van der Waals surface area contributed by atoms with Crippen molar-refractivity contribution in [1.82, 2.24) is 19.0 Å². The molecule has 1 aliphatic rings. The van der Waals surface area contributed by atoms with Gasteiger partial charge in [-0.1, -0.05) is 0 Å². The summed E-state index contributed by atoms with van der Waals surface area (Å²) in [6.45, 7) is 7.20. The number of amides is 1. The van der Waals surface area contributed by atoms with Crippen LogP contribution < -0.4 is 0 Å². The number of piperazine rings is 1. The summed E-state index contributed by atoms with van der Waals surface area (Å²) in [5.41, 5.74) is 1.83. The molecule has 0 N–H and O–H groups in total. The molecule has 0 radical (unpaired) electrons. The van der Waals surface area contributed by atoms with E-state index in [1.165, 1.54) is 10.6 Å². The normalized spacial score (nSPS) is 18.8. The molecule has 1 saturated heterocycles. The molecule has 7 nitrogen and oxygen atoms in total. The summed E-state index contributed by atoms with van der Waals surface area (Å²) < 4.78 is 26.1. The Hall–Kier alpha value is -1.41. The predicted octanol–water partition coefficient (Wildman–Crippen LogP) is 0.165. The molecule has 1 unspecified atom stereocenters. The minimum atomic E-state index is -3.17. The molecule has 0 saturated carbocycles. The molecule has 8 heteroatoms. The lowest BCUT2D eigenvalue weighted by Crippen LogP contribution is -2.51. The molecule has 0 aliphatic carbocycles. The molecule has 1 amide bonds. The molecule has 1 aliphatic heterocycles. The molecule has 1 aromatic heterocycles. The van der Waals surface area contributed by atoms with E-state index in [1.807, 2.05) is 26.8 Å². The SMILES string of the molecule is Cc1cc(C)n(C(C)C(=O)N2CCN(S(C)(=O)=O)CC2)n1. The van der Waals surface area contributed by atoms with E-state index in [1.54, 1.807) is 9.58 Å². The maximum absolute atomic E-state index is 12.5. The summed E-state index contributed by atoms with van der Waals surface area (Å²) in [4.78, 5) is 14.2. The fourth-order valence-corrected chi connectivity index (χ4v) is 3.47. The fourth-order valence-electron chi connectivity index (χ4n) is 2.65. The van der Waals surface area contributed by atoms with Crippen molar-refractivity contribution in [1.29, 1.82) is 0 Å². The van der Waals surface area contributed by atoms with E-state index >= 15 is 0 Å². The first-order valence-electron chi connectivity index (χ1n) is 6.97. The lowest BCUT2D eigenvalue weighted by Gasteiger charge is -2.34. The highest BCUT2D eigenvalue weighted by molar-refractivity contribution is 7.88. The topological polar surface area (TPSA) is 75.5 Å². The lowest BCUT2D eigenvalue weighted by atomic mass is 10.2. The van der Waals surface area contributed by atoms with Crippen LogP contribution in [0, 0.1) is 13.8 Å². The maximum atomic E-state index is 12.5. The van der Waals surface area contributed by atoms with Crippen LogP contribution in [-0.2, 0) is 14.8 Å². The summed E-state index contributed by atoms with van der Waals surface area (Å²) in [5.74, 6) is -0.0191. The number of hydrogen-bond donors (Lipinski definition) is 0. The Labute approximate surface area is 125 Å². The predicted molar refractivity (Wildman–Crippen MR) is 79.4 cm³/mol. The van der Waals surface area contributed by atoms with Gasteiger partial charge in [-0.3, -0.25) is 9.48 Å². The molecule has 0 bridgehead atoms. The van der Waals surface area contributed by atoms with Crippen LogP contribution in [-0.4, -0.2) is 65.7 Å². The monoisotopic (exact) mass is 314 g/mol. The molecule has 1 aromatic rings. The van der Waals surface area contributed by atoms with Gasteiger partial charge in [0.2, 0.25) is 15.9 Å². The van der Waals surface area contributed by atoms with Crippen molar-refractivity contribution in [3.8, 4) is 0 Å². The zero-order chi connectivity index (χ0) is 15.8. The van der Waals surface area contributed by atoms with Gasteiger partial charge in [0.05, 0.1) is 11.9 Å². The Bertz CT molecular complexity index is 630. The van der Waals surface area contributed by atoms with Gasteiger partial charge < -0.3 is 4.90 Å². The van der Waals surface area contributed by atoms with Crippen molar-refractivity contribution in [2.45, 2.75) is 26.8 Å². The molecule has 2 heterocycles. The molecule has 1 atom stereocenters. The quantitative estimate of drug-likeness (QED) is 0.797.